The predicted molar refractivity (Wildman–Crippen MR) is 50.5 cm³/mol. The maximum absolute atomic E-state index is 10.1. The van der Waals surface area contributed by atoms with Crippen molar-refractivity contribution >= 4 is 35.2 Å². The van der Waals surface area contributed by atoms with Crippen molar-refractivity contribution in [2.45, 2.75) is 0 Å². The number of aliphatic carboxylic acids is 1. The molecule has 0 aromatic heterocycles. The molecule has 2 nitrogen and oxygen atoms in total. The molecule has 0 radical (unpaired) electrons. The van der Waals surface area contributed by atoms with E-state index in [-0.39, 0.29) is 29.6 Å². The van der Waals surface area contributed by atoms with Crippen LogP contribution in [0.5, 0.6) is 0 Å². The number of hydrogen-bond donors (Lipinski definition) is 0. The molecule has 5 heteroatoms. The zero-order valence-electron chi connectivity index (χ0n) is 7.46. The Balaban J connectivity index is 0.00000169. The van der Waals surface area contributed by atoms with Gasteiger partial charge in [-0.05, 0) is 23.8 Å². The van der Waals surface area contributed by atoms with Crippen LogP contribution >= 0.6 is 23.2 Å². The quantitative estimate of drug-likeness (QED) is 0.478. The van der Waals surface area contributed by atoms with Gasteiger partial charge in [-0.2, -0.15) is 0 Å². The van der Waals surface area contributed by atoms with Crippen molar-refractivity contribution in [2.75, 3.05) is 0 Å². The first kappa shape index (κ1) is 14.0. The maximum atomic E-state index is 10.1. The Bertz CT molecular complexity index is 364. The summed E-state index contributed by atoms with van der Waals surface area (Å²) >= 11 is 11.4. The molecule has 0 unspecified atom stereocenters. The van der Waals surface area contributed by atoms with Crippen LogP contribution in [-0.4, -0.2) is 5.97 Å². The summed E-state index contributed by atoms with van der Waals surface area (Å²) in [5.74, 6) is -1.24. The fourth-order valence-electron chi connectivity index (χ4n) is 0.780. The number of carbonyl (C=O) groups is 1. The minimum atomic E-state index is -1.24. The van der Waals surface area contributed by atoms with Crippen molar-refractivity contribution in [3.8, 4) is 0 Å². The van der Waals surface area contributed by atoms with E-state index in [1.165, 1.54) is 6.08 Å². The summed E-state index contributed by atoms with van der Waals surface area (Å²) in [5, 5.41) is 10.9. The van der Waals surface area contributed by atoms with Gasteiger partial charge >= 0.3 is 29.6 Å². The summed E-state index contributed by atoms with van der Waals surface area (Å²) in [4.78, 5) is 10.1. The van der Waals surface area contributed by atoms with Crippen LogP contribution in [0.3, 0.4) is 0 Å². The number of halogens is 2. The largest absolute Gasteiger partial charge is 1.00 e. The van der Waals surface area contributed by atoms with E-state index < -0.39 is 5.97 Å². The fraction of sp³-hybridized carbons (Fsp3) is 0. The number of carboxylic acids is 1. The third-order valence-corrected chi connectivity index (χ3v) is 2.09. The Morgan fingerprint density at radius 1 is 1.29 bits per heavy atom. The van der Waals surface area contributed by atoms with Gasteiger partial charge in [0.2, 0.25) is 0 Å². The molecule has 0 saturated heterocycles. The molecule has 0 bridgehead atoms. The van der Waals surface area contributed by atoms with Gasteiger partial charge in [-0.15, -0.1) is 0 Å². The molecule has 0 amide bonds. The second kappa shape index (κ2) is 6.49. The van der Waals surface area contributed by atoms with Gasteiger partial charge < -0.3 is 9.90 Å². The molecule has 0 heterocycles. The maximum Gasteiger partial charge on any atom is 1.00 e. The molecule has 0 aliphatic heterocycles. The Kier molecular flexibility index (Phi) is 6.49. The molecule has 14 heavy (non-hydrogen) atoms. The van der Waals surface area contributed by atoms with E-state index in [0.29, 0.717) is 15.6 Å². The minimum Gasteiger partial charge on any atom is -0.545 e. The van der Waals surface area contributed by atoms with E-state index >= 15 is 0 Å². The molecular formula is C9H5Cl2NaO2. The van der Waals surface area contributed by atoms with Crippen LogP contribution in [0.15, 0.2) is 24.3 Å². The molecule has 0 N–H and O–H groups in total. The fourth-order valence-corrected chi connectivity index (χ4v) is 1.09. The first-order valence-corrected chi connectivity index (χ1v) is 4.19. The molecule has 68 valence electrons. The van der Waals surface area contributed by atoms with Crippen LogP contribution in [0.2, 0.25) is 10.0 Å². The SMILES string of the molecule is O=C([O-])/C=C/c1ccc(Cl)c(Cl)c1.[Na+]. The second-order valence-electron chi connectivity index (χ2n) is 2.33. The van der Waals surface area contributed by atoms with Crippen LogP contribution in [0.4, 0.5) is 0 Å². The zero-order valence-corrected chi connectivity index (χ0v) is 11.0. The van der Waals surface area contributed by atoms with Crippen LogP contribution in [0, 0.1) is 0 Å². The molecule has 0 saturated carbocycles. The van der Waals surface area contributed by atoms with Crippen molar-refractivity contribution in [2.24, 2.45) is 0 Å². The molecule has 0 aliphatic rings. The molecule has 1 aromatic rings. The van der Waals surface area contributed by atoms with Crippen molar-refractivity contribution in [1.82, 2.24) is 0 Å². The second-order valence-corrected chi connectivity index (χ2v) is 3.14. The Hall–Kier alpha value is 0.0100. The average Bonchev–Trinajstić information content (AvgIpc) is 2.07. The van der Waals surface area contributed by atoms with Gasteiger partial charge in [0.1, 0.15) is 0 Å². The van der Waals surface area contributed by atoms with Gasteiger partial charge in [0.15, 0.2) is 0 Å². The molecule has 1 aromatic carbocycles. The Labute approximate surface area is 114 Å². The van der Waals surface area contributed by atoms with Crippen LogP contribution in [-0.2, 0) is 4.79 Å². The molecule has 0 fully saturated rings. The first-order chi connectivity index (χ1) is 6.09. The smallest absolute Gasteiger partial charge is 0.545 e. The number of carboxylic acid groups (broad SMARTS) is 1. The monoisotopic (exact) mass is 238 g/mol. The van der Waals surface area contributed by atoms with Crippen LogP contribution < -0.4 is 34.7 Å². The summed E-state index contributed by atoms with van der Waals surface area (Å²) in [6.45, 7) is 0. The first-order valence-electron chi connectivity index (χ1n) is 3.43. The summed E-state index contributed by atoms with van der Waals surface area (Å²) in [7, 11) is 0. The van der Waals surface area contributed by atoms with E-state index in [1.54, 1.807) is 18.2 Å². The van der Waals surface area contributed by atoms with Crippen LogP contribution in [0.25, 0.3) is 6.08 Å². The predicted octanol–water partition coefficient (Wildman–Crippen LogP) is -1.24. The number of hydrogen-bond acceptors (Lipinski definition) is 2. The van der Waals surface area contributed by atoms with Gasteiger partial charge in [0, 0.05) is 0 Å². The van der Waals surface area contributed by atoms with Crippen molar-refractivity contribution in [1.29, 1.82) is 0 Å². The van der Waals surface area contributed by atoms with Crippen molar-refractivity contribution in [3.63, 3.8) is 0 Å². The van der Waals surface area contributed by atoms with Crippen molar-refractivity contribution < 1.29 is 39.5 Å². The number of carbonyl (C=O) groups excluding carboxylic acids is 1. The molecule has 1 rings (SSSR count). The van der Waals surface area contributed by atoms with E-state index in [9.17, 15) is 9.90 Å². The average molecular weight is 239 g/mol. The van der Waals surface area contributed by atoms with E-state index in [4.69, 9.17) is 23.2 Å². The van der Waals surface area contributed by atoms with Gasteiger partial charge in [-0.25, -0.2) is 0 Å². The van der Waals surface area contributed by atoms with Gasteiger partial charge in [0.05, 0.1) is 16.0 Å². The van der Waals surface area contributed by atoms with Crippen molar-refractivity contribution in [3.05, 3.63) is 39.9 Å². The normalized spacial score (nSPS) is 9.86. The molecule has 0 aliphatic carbocycles. The number of benzene rings is 1. The molecular weight excluding hydrogens is 234 g/mol. The van der Waals surface area contributed by atoms with E-state index in [1.807, 2.05) is 0 Å². The summed E-state index contributed by atoms with van der Waals surface area (Å²) in [6.07, 6.45) is 2.32. The van der Waals surface area contributed by atoms with Gasteiger partial charge in [0.25, 0.3) is 0 Å². The third kappa shape index (κ3) is 4.49. The third-order valence-electron chi connectivity index (χ3n) is 1.36. The van der Waals surface area contributed by atoms with Gasteiger partial charge in [-0.1, -0.05) is 35.3 Å². The topological polar surface area (TPSA) is 40.1 Å². The zero-order chi connectivity index (χ0) is 9.84. The summed E-state index contributed by atoms with van der Waals surface area (Å²) in [6, 6.07) is 4.83. The molecule has 0 atom stereocenters. The van der Waals surface area contributed by atoms with E-state index in [2.05, 4.69) is 0 Å². The number of rotatable bonds is 2. The minimum absolute atomic E-state index is 0. The van der Waals surface area contributed by atoms with Gasteiger partial charge in [-0.3, -0.25) is 0 Å². The molecule has 0 spiro atoms. The summed E-state index contributed by atoms with van der Waals surface area (Å²) in [5.41, 5.74) is 0.665. The van der Waals surface area contributed by atoms with Crippen LogP contribution in [0.1, 0.15) is 5.56 Å². The summed E-state index contributed by atoms with van der Waals surface area (Å²) < 4.78 is 0. The Morgan fingerprint density at radius 3 is 2.43 bits per heavy atom. The van der Waals surface area contributed by atoms with E-state index in [0.717, 1.165) is 6.08 Å². The Morgan fingerprint density at radius 2 is 1.93 bits per heavy atom. The standard InChI is InChI=1S/C9H6Cl2O2.Na/c10-7-3-1-6(5-8(7)11)2-4-9(12)13;/h1-5H,(H,12,13);/q;+1/p-1/b4-2+;.